The highest BCUT2D eigenvalue weighted by Crippen LogP contribution is 2.44. The average molecular weight is 432 g/mol. The number of nitrogens with zero attached hydrogens (tertiary/aromatic N) is 1. The highest BCUT2D eigenvalue weighted by atomic mass is 35.5. The van der Waals surface area contributed by atoms with Gasteiger partial charge in [-0.15, -0.1) is 0 Å². The van der Waals surface area contributed by atoms with Gasteiger partial charge >= 0.3 is 5.76 Å². The molecule has 0 bridgehead atoms. The maximum Gasteiger partial charge on any atom is 0.438 e. The van der Waals surface area contributed by atoms with Crippen LogP contribution < -0.4 is 5.76 Å². The van der Waals surface area contributed by atoms with E-state index in [9.17, 15) is 9.59 Å². The molecular formula is C22H26ClN3O4. The Kier molecular flexibility index (Phi) is 5.59. The summed E-state index contributed by atoms with van der Waals surface area (Å²) in [5.74, 6) is 1.85. The molecule has 1 aliphatic heterocycles. The van der Waals surface area contributed by atoms with Crippen LogP contribution in [0.3, 0.4) is 0 Å². The van der Waals surface area contributed by atoms with Crippen LogP contribution in [-0.2, 0) is 4.74 Å². The van der Waals surface area contributed by atoms with Crippen molar-refractivity contribution < 1.29 is 14.1 Å². The van der Waals surface area contributed by atoms with E-state index in [0.717, 1.165) is 36.8 Å². The highest BCUT2D eigenvalue weighted by molar-refractivity contribution is 6.67. The topological polar surface area (TPSA) is 101 Å². The van der Waals surface area contributed by atoms with Gasteiger partial charge < -0.3 is 9.72 Å². The lowest BCUT2D eigenvalue weighted by molar-refractivity contribution is -0.0592. The summed E-state index contributed by atoms with van der Waals surface area (Å²) in [6, 6.07) is 8.13. The fourth-order valence-corrected chi connectivity index (χ4v) is 4.23. The van der Waals surface area contributed by atoms with Crippen molar-refractivity contribution in [2.45, 2.75) is 57.5 Å². The Bertz CT molecular complexity index is 1110. The Morgan fingerprint density at radius 1 is 1.27 bits per heavy atom. The third-order valence-corrected chi connectivity index (χ3v) is 6.15. The third kappa shape index (κ3) is 4.68. The predicted octanol–water partition coefficient (Wildman–Crippen LogP) is 4.71. The van der Waals surface area contributed by atoms with Gasteiger partial charge in [-0.25, -0.2) is 4.79 Å². The van der Waals surface area contributed by atoms with Gasteiger partial charge in [0.25, 0.3) is 5.24 Å². The number of halogens is 1. The molecule has 2 N–H and O–H groups in total. The van der Waals surface area contributed by atoms with Gasteiger partial charge in [0.05, 0.1) is 11.3 Å². The molecule has 3 heterocycles. The fraction of sp³-hybridized carbons (Fsp3) is 0.500. The van der Waals surface area contributed by atoms with Crippen LogP contribution in [0.4, 0.5) is 0 Å². The largest absolute Gasteiger partial charge is 0.438 e. The average Bonchev–Trinajstić information content (AvgIpc) is 3.08. The summed E-state index contributed by atoms with van der Waals surface area (Å²) >= 11 is 5.51. The Balaban J connectivity index is 0.000000181. The number of ether oxygens (including phenoxy) is 1. The SMILES string of the molecule is CC1(C)C[C@@H](c2ccc3[nH]c(C(=O)Cl)cc3c2)CCO1.CC1CC1c1noc(=O)[nH]1. The smallest absolute Gasteiger partial charge is 0.376 e. The number of benzene rings is 1. The number of carbonyl (C=O) groups excluding carboxylic acids is 1. The first kappa shape index (κ1) is 20.9. The summed E-state index contributed by atoms with van der Waals surface area (Å²) in [7, 11) is 0. The molecule has 2 unspecified atom stereocenters. The van der Waals surface area contributed by atoms with Gasteiger partial charge in [0.1, 0.15) is 0 Å². The first-order valence-electron chi connectivity index (χ1n) is 10.2. The van der Waals surface area contributed by atoms with E-state index >= 15 is 0 Å². The molecule has 30 heavy (non-hydrogen) atoms. The van der Waals surface area contributed by atoms with Gasteiger partial charge in [-0.1, -0.05) is 18.1 Å². The van der Waals surface area contributed by atoms with E-state index in [4.69, 9.17) is 16.3 Å². The lowest BCUT2D eigenvalue weighted by atomic mass is 9.83. The molecule has 7 nitrogen and oxygen atoms in total. The van der Waals surface area contributed by atoms with Crippen LogP contribution in [0.5, 0.6) is 0 Å². The number of fused-ring (bicyclic) bond motifs is 1. The number of hydrogen-bond donors (Lipinski definition) is 2. The van der Waals surface area contributed by atoms with Crippen molar-refractivity contribution in [1.82, 2.24) is 15.1 Å². The standard InChI is InChI=1S/C16H18ClNO2.C6H8N2O2/c1-16(2)9-11(5-6-20-16)10-3-4-13-12(7-10)8-14(18-13)15(17)19;1-3-2-4(3)5-7-6(9)10-8-5/h3-4,7-8,11,18H,5-6,9H2,1-2H3;3-4H,2H2,1H3,(H,7,8,9)/t11-;/m0./s1. The molecule has 1 saturated carbocycles. The Hall–Kier alpha value is -2.38. The van der Waals surface area contributed by atoms with Gasteiger partial charge in [0.2, 0.25) is 0 Å². The highest BCUT2D eigenvalue weighted by Gasteiger charge is 2.37. The maximum absolute atomic E-state index is 11.2. The van der Waals surface area contributed by atoms with Crippen LogP contribution in [0.1, 0.15) is 73.7 Å². The van der Waals surface area contributed by atoms with Crippen molar-refractivity contribution in [3.63, 3.8) is 0 Å². The lowest BCUT2D eigenvalue weighted by Gasteiger charge is -2.35. The molecule has 1 aromatic carbocycles. The summed E-state index contributed by atoms with van der Waals surface area (Å²) in [5.41, 5.74) is 2.64. The molecule has 2 fully saturated rings. The second kappa shape index (κ2) is 8.04. The van der Waals surface area contributed by atoms with Crippen LogP contribution in [0.15, 0.2) is 33.6 Å². The first-order chi connectivity index (χ1) is 14.2. The van der Waals surface area contributed by atoms with Crippen molar-refractivity contribution in [2.75, 3.05) is 6.61 Å². The molecule has 1 saturated heterocycles. The summed E-state index contributed by atoms with van der Waals surface area (Å²) < 4.78 is 10.1. The van der Waals surface area contributed by atoms with E-state index in [2.05, 4.69) is 52.6 Å². The number of aromatic amines is 2. The predicted molar refractivity (Wildman–Crippen MR) is 114 cm³/mol. The summed E-state index contributed by atoms with van der Waals surface area (Å²) in [4.78, 5) is 27.2. The Morgan fingerprint density at radius 2 is 2.03 bits per heavy atom. The molecule has 2 aromatic heterocycles. The lowest BCUT2D eigenvalue weighted by Crippen LogP contribution is -2.32. The molecule has 0 spiro atoms. The minimum Gasteiger partial charge on any atom is -0.376 e. The number of hydrogen-bond acceptors (Lipinski definition) is 5. The molecule has 8 heteroatoms. The van der Waals surface area contributed by atoms with Gasteiger partial charge in [-0.3, -0.25) is 14.3 Å². The van der Waals surface area contributed by atoms with E-state index in [1.807, 2.05) is 12.1 Å². The van der Waals surface area contributed by atoms with Gasteiger partial charge in [0, 0.05) is 23.4 Å². The Morgan fingerprint density at radius 3 is 2.63 bits per heavy atom. The van der Waals surface area contributed by atoms with Gasteiger partial charge in [-0.2, -0.15) is 0 Å². The van der Waals surface area contributed by atoms with Gasteiger partial charge in [0.15, 0.2) is 5.82 Å². The van der Waals surface area contributed by atoms with Crippen molar-refractivity contribution in [3.05, 3.63) is 51.9 Å². The van der Waals surface area contributed by atoms with E-state index < -0.39 is 11.0 Å². The maximum atomic E-state index is 11.2. The summed E-state index contributed by atoms with van der Waals surface area (Å²) in [6.45, 7) is 7.20. The molecule has 3 atom stereocenters. The zero-order valence-corrected chi connectivity index (χ0v) is 18.1. The monoisotopic (exact) mass is 431 g/mol. The zero-order valence-electron chi connectivity index (χ0n) is 17.3. The van der Waals surface area contributed by atoms with Crippen LogP contribution in [0, 0.1) is 5.92 Å². The molecule has 3 aromatic rings. The quantitative estimate of drug-likeness (QED) is 0.585. The van der Waals surface area contributed by atoms with E-state index in [-0.39, 0.29) is 5.60 Å². The number of rotatable bonds is 3. The molecular weight excluding hydrogens is 406 g/mol. The zero-order chi connectivity index (χ0) is 21.5. The second-order valence-electron chi connectivity index (χ2n) is 8.90. The van der Waals surface area contributed by atoms with Crippen molar-refractivity contribution in [2.24, 2.45) is 5.92 Å². The van der Waals surface area contributed by atoms with Crippen molar-refractivity contribution in [3.8, 4) is 0 Å². The Labute approximate surface area is 179 Å². The van der Waals surface area contributed by atoms with Crippen molar-refractivity contribution in [1.29, 1.82) is 0 Å². The fourth-order valence-electron chi connectivity index (χ4n) is 4.13. The van der Waals surface area contributed by atoms with Gasteiger partial charge in [-0.05, 0) is 80.3 Å². The minimum absolute atomic E-state index is 0.0622. The molecule has 5 rings (SSSR count). The first-order valence-corrected chi connectivity index (χ1v) is 10.6. The molecule has 0 radical (unpaired) electrons. The van der Waals surface area contributed by atoms with E-state index in [1.54, 1.807) is 0 Å². The molecule has 0 amide bonds. The second-order valence-corrected chi connectivity index (χ2v) is 9.24. The van der Waals surface area contributed by atoms with Crippen LogP contribution in [0.25, 0.3) is 10.9 Å². The normalized spacial score (nSPS) is 24.9. The van der Waals surface area contributed by atoms with Crippen LogP contribution in [-0.4, -0.2) is 32.6 Å². The number of carbonyl (C=O) groups is 1. The minimum atomic E-state index is -0.450. The number of aromatic nitrogens is 3. The molecule has 1 aliphatic carbocycles. The third-order valence-electron chi connectivity index (χ3n) is 5.94. The molecule has 2 aliphatic rings. The van der Waals surface area contributed by atoms with E-state index in [1.165, 1.54) is 5.56 Å². The summed E-state index contributed by atoms with van der Waals surface area (Å²) in [6.07, 6.45) is 3.17. The van der Waals surface area contributed by atoms with Crippen LogP contribution in [0.2, 0.25) is 0 Å². The van der Waals surface area contributed by atoms with Crippen LogP contribution >= 0.6 is 11.6 Å². The molecule has 160 valence electrons. The van der Waals surface area contributed by atoms with Crippen molar-refractivity contribution >= 4 is 27.7 Å². The number of H-pyrrole nitrogens is 2. The summed E-state index contributed by atoms with van der Waals surface area (Å²) in [5, 5.41) is 4.17. The number of nitrogens with one attached hydrogen (secondary N) is 2. The van der Waals surface area contributed by atoms with E-state index in [0.29, 0.717) is 29.3 Å².